The van der Waals surface area contributed by atoms with E-state index in [1.54, 1.807) is 0 Å². The van der Waals surface area contributed by atoms with E-state index in [4.69, 9.17) is 0 Å². The van der Waals surface area contributed by atoms with Crippen molar-refractivity contribution in [3.63, 3.8) is 0 Å². The van der Waals surface area contributed by atoms with E-state index in [1.165, 1.54) is 6.92 Å². The smallest absolute Gasteiger partial charge is 0.435 e. The van der Waals surface area contributed by atoms with Crippen molar-refractivity contribution in [2.75, 3.05) is 6.54 Å². The van der Waals surface area contributed by atoms with Crippen LogP contribution in [-0.2, 0) is 36.3 Å². The molecule has 0 bridgehead atoms. The van der Waals surface area contributed by atoms with E-state index < -0.39 is 110 Å². The lowest BCUT2D eigenvalue weighted by molar-refractivity contribution is -0.348. The molecular weight excluding hydrogens is 657 g/mol. The molecule has 2 aliphatic carbocycles. The normalized spacial score (nSPS) is 28.8. The zero-order chi connectivity index (χ0) is 34.3. The second kappa shape index (κ2) is 10.9. The Labute approximate surface area is 257 Å². The number of carbonyl (C=O) groups excluding carboxylic acids is 1. The molecule has 2 unspecified atom stereocenters. The first-order valence-electron chi connectivity index (χ1n) is 14.3. The maximum atomic E-state index is 16.2. The fourth-order valence-corrected chi connectivity index (χ4v) is 10.1. The molecule has 6 nitrogen and oxygen atoms in total. The monoisotopic (exact) mass is 685 g/mol. The van der Waals surface area contributed by atoms with Gasteiger partial charge in [-0.2, -0.15) is 26.3 Å². The summed E-state index contributed by atoms with van der Waals surface area (Å²) in [6.45, 7) is 0.985. The van der Waals surface area contributed by atoms with Crippen LogP contribution in [0.3, 0.4) is 0 Å². The van der Waals surface area contributed by atoms with Gasteiger partial charge in [-0.25, -0.2) is 21.6 Å². The molecule has 3 atom stereocenters. The third-order valence-corrected chi connectivity index (χ3v) is 12.5. The summed E-state index contributed by atoms with van der Waals surface area (Å²) in [5, 5.41) is 9.29. The van der Waals surface area contributed by atoms with Crippen LogP contribution in [0.5, 0.6) is 0 Å². The van der Waals surface area contributed by atoms with Crippen LogP contribution in [0.2, 0.25) is 0 Å². The Morgan fingerprint density at radius 2 is 1.48 bits per heavy atom. The van der Waals surface area contributed by atoms with Crippen LogP contribution in [0.4, 0.5) is 39.5 Å². The summed E-state index contributed by atoms with van der Waals surface area (Å²) >= 11 is 0. The molecule has 2 fully saturated rings. The van der Waals surface area contributed by atoms with Crippen molar-refractivity contribution in [3.8, 4) is 0 Å². The van der Waals surface area contributed by atoms with Gasteiger partial charge in [0.1, 0.15) is 10.6 Å². The van der Waals surface area contributed by atoms with Gasteiger partial charge in [-0.1, -0.05) is 25.1 Å². The summed E-state index contributed by atoms with van der Waals surface area (Å²) in [7, 11) is -4.78. The summed E-state index contributed by atoms with van der Waals surface area (Å²) in [6.07, 6.45) is -14.9. The van der Waals surface area contributed by atoms with Gasteiger partial charge in [-0.3, -0.25) is 9.59 Å². The predicted octanol–water partition coefficient (Wildman–Crippen LogP) is 6.56. The Kier molecular flexibility index (Phi) is 8.05. The van der Waals surface area contributed by atoms with E-state index in [0.717, 1.165) is 29.2 Å². The Morgan fingerprint density at radius 3 is 2.00 bits per heavy atom. The fraction of sp³-hybridized carbons (Fsp3) is 0.533. The molecule has 1 amide bonds. The van der Waals surface area contributed by atoms with E-state index in [2.05, 4.69) is 0 Å². The standard InChI is InChI=1S/C30H28F9NO5S/c1-16-15-40(25(43)26(32)12-10-17(11-13-26)24(41)42)23-9-2-18-14-19(28(33,29(34,35)36)30(37,38)39)3-8-22(18)27(16,23)46(44,45)21-6-4-20(31)5-7-21/h3-8,14,16-17,23H,2,9-13,15H2,1H3,(H,41,42)/t16-,17?,23?,26?,27?/m1/s1. The van der Waals surface area contributed by atoms with Gasteiger partial charge in [0.05, 0.1) is 16.9 Å². The third-order valence-electron chi connectivity index (χ3n) is 9.81. The second-order valence-corrected chi connectivity index (χ2v) is 14.4. The van der Waals surface area contributed by atoms with Gasteiger partial charge in [0.2, 0.25) is 0 Å². The highest BCUT2D eigenvalue weighted by Crippen LogP contribution is 2.58. The van der Waals surface area contributed by atoms with Crippen molar-refractivity contribution >= 4 is 21.7 Å². The summed E-state index contributed by atoms with van der Waals surface area (Å²) in [5.41, 5.74) is -10.8. The van der Waals surface area contributed by atoms with Crippen molar-refractivity contribution in [1.82, 2.24) is 4.90 Å². The van der Waals surface area contributed by atoms with Gasteiger partial charge < -0.3 is 10.0 Å². The zero-order valence-electron chi connectivity index (χ0n) is 24.1. The molecule has 2 aromatic carbocycles. The summed E-state index contributed by atoms with van der Waals surface area (Å²) in [5.74, 6) is -5.11. The Balaban J connectivity index is 1.68. The van der Waals surface area contributed by atoms with Crippen LogP contribution in [0, 0.1) is 17.7 Å². The molecule has 1 saturated heterocycles. The Hall–Kier alpha value is -3.30. The maximum Gasteiger partial charge on any atom is 0.435 e. The number of halogens is 9. The van der Waals surface area contributed by atoms with Crippen LogP contribution in [0.15, 0.2) is 47.4 Å². The SMILES string of the molecule is C[C@@H]1CN(C(=O)C2(F)CCC(C(=O)O)CC2)C2CCc3cc(C(F)(C(F)(F)F)C(F)(F)F)ccc3C21S(=O)(=O)c1ccc(F)cc1. The van der Waals surface area contributed by atoms with E-state index >= 15 is 8.78 Å². The first-order chi connectivity index (χ1) is 21.1. The number of likely N-dealkylation sites (tertiary alicyclic amines) is 1. The van der Waals surface area contributed by atoms with Crippen LogP contribution >= 0.6 is 0 Å². The number of aryl methyl sites for hydroxylation is 1. The number of benzene rings is 2. The van der Waals surface area contributed by atoms with Gasteiger partial charge in [0.25, 0.3) is 5.91 Å². The number of amides is 1. The first kappa shape index (κ1) is 34.0. The number of hydrogen-bond donors (Lipinski definition) is 1. The molecule has 5 rings (SSSR count). The largest absolute Gasteiger partial charge is 0.481 e. The molecule has 46 heavy (non-hydrogen) atoms. The van der Waals surface area contributed by atoms with E-state index in [0.29, 0.717) is 12.1 Å². The molecule has 3 aliphatic rings. The fourth-order valence-electron chi connectivity index (χ4n) is 7.52. The molecule has 0 aromatic heterocycles. The highest BCUT2D eigenvalue weighted by molar-refractivity contribution is 7.92. The van der Waals surface area contributed by atoms with E-state index in [-0.39, 0.29) is 36.5 Å². The van der Waals surface area contributed by atoms with Gasteiger partial charge in [-0.15, -0.1) is 0 Å². The third kappa shape index (κ3) is 4.79. The summed E-state index contributed by atoms with van der Waals surface area (Å²) < 4.78 is 154. The van der Waals surface area contributed by atoms with E-state index in [9.17, 15) is 53.8 Å². The van der Waals surface area contributed by atoms with Gasteiger partial charge >= 0.3 is 24.0 Å². The van der Waals surface area contributed by atoms with Crippen LogP contribution in [0.1, 0.15) is 55.7 Å². The predicted molar refractivity (Wildman–Crippen MR) is 143 cm³/mol. The lowest BCUT2D eigenvalue weighted by Crippen LogP contribution is -2.57. The van der Waals surface area contributed by atoms with Crippen LogP contribution in [-0.4, -0.2) is 60.9 Å². The highest BCUT2D eigenvalue weighted by atomic mass is 32.2. The molecule has 0 radical (unpaired) electrons. The highest BCUT2D eigenvalue weighted by Gasteiger charge is 2.74. The van der Waals surface area contributed by atoms with Crippen LogP contribution in [0.25, 0.3) is 0 Å². The van der Waals surface area contributed by atoms with Gasteiger partial charge in [-0.05, 0) is 79.8 Å². The number of fused-ring (bicyclic) bond motifs is 3. The van der Waals surface area contributed by atoms with Gasteiger partial charge in [0, 0.05) is 12.1 Å². The van der Waals surface area contributed by atoms with Crippen molar-refractivity contribution in [1.29, 1.82) is 0 Å². The molecule has 252 valence electrons. The molecule has 16 heteroatoms. The number of carboxylic acids is 1. The molecule has 1 aliphatic heterocycles. The number of aliphatic carboxylic acids is 1. The first-order valence-corrected chi connectivity index (χ1v) is 15.8. The zero-order valence-corrected chi connectivity index (χ0v) is 24.9. The van der Waals surface area contributed by atoms with Gasteiger partial charge in [0.15, 0.2) is 15.5 Å². The lowest BCUT2D eigenvalue weighted by Gasteiger charge is -2.45. The molecule has 2 aromatic rings. The lowest BCUT2D eigenvalue weighted by atomic mass is 9.73. The van der Waals surface area contributed by atoms with Crippen molar-refractivity contribution in [2.24, 2.45) is 11.8 Å². The number of nitrogens with zero attached hydrogens (tertiary/aromatic N) is 1. The molecular formula is C30H28F9NO5S. The maximum absolute atomic E-state index is 16.2. The number of rotatable bonds is 5. The molecule has 1 heterocycles. The molecule has 1 N–H and O–H groups in total. The van der Waals surface area contributed by atoms with Crippen molar-refractivity contribution in [2.45, 2.75) is 84.8 Å². The number of carbonyl (C=O) groups is 2. The minimum Gasteiger partial charge on any atom is -0.481 e. The van der Waals surface area contributed by atoms with Crippen LogP contribution < -0.4 is 0 Å². The number of alkyl halides is 8. The minimum atomic E-state index is -6.42. The minimum absolute atomic E-state index is 0.167. The topological polar surface area (TPSA) is 91.8 Å². The molecule has 1 saturated carbocycles. The average Bonchev–Trinajstić information content (AvgIpc) is 3.29. The quantitative estimate of drug-likeness (QED) is 0.285. The number of sulfone groups is 1. The summed E-state index contributed by atoms with van der Waals surface area (Å²) in [4.78, 5) is 25.7. The Morgan fingerprint density at radius 1 is 0.913 bits per heavy atom. The molecule has 0 spiro atoms. The summed E-state index contributed by atoms with van der Waals surface area (Å²) in [6, 6.07) is 3.33. The average molecular weight is 686 g/mol. The number of hydrogen-bond acceptors (Lipinski definition) is 4. The van der Waals surface area contributed by atoms with Crippen molar-refractivity contribution in [3.05, 3.63) is 65.0 Å². The second-order valence-electron chi connectivity index (χ2n) is 12.3. The number of carboxylic acid groups (broad SMARTS) is 1. The Bertz CT molecular complexity index is 1640. The van der Waals surface area contributed by atoms with E-state index in [1.807, 2.05) is 0 Å². The van der Waals surface area contributed by atoms with Crippen molar-refractivity contribution < 1.29 is 62.6 Å².